The van der Waals surface area contributed by atoms with Crippen molar-refractivity contribution in [3.05, 3.63) is 0 Å². The van der Waals surface area contributed by atoms with Crippen LogP contribution >= 0.6 is 0 Å². The van der Waals surface area contributed by atoms with Gasteiger partial charge in [0, 0.05) is 13.7 Å². The number of hydrogen-bond acceptors (Lipinski definition) is 2. The minimum atomic E-state index is 0.0683. The Hall–Kier alpha value is -0.570. The molecule has 1 saturated carbocycles. The molecule has 1 unspecified atom stereocenters. The van der Waals surface area contributed by atoms with E-state index in [1.54, 1.807) is 7.11 Å². The fourth-order valence-electron chi connectivity index (χ4n) is 1.33. The largest absolute Gasteiger partial charge is 0.385 e. The maximum Gasteiger partial charge on any atom is 0.123 e. The van der Waals surface area contributed by atoms with Gasteiger partial charge in [0.1, 0.15) is 11.9 Å². The van der Waals surface area contributed by atoms with Crippen molar-refractivity contribution >= 4 is 5.84 Å². The van der Waals surface area contributed by atoms with Crippen molar-refractivity contribution in [2.45, 2.75) is 32.8 Å². The Morgan fingerprint density at radius 1 is 1.54 bits per heavy atom. The Balaban J connectivity index is 2.42. The van der Waals surface area contributed by atoms with E-state index in [9.17, 15) is 0 Å². The molecule has 1 rings (SSSR count). The highest BCUT2D eigenvalue weighted by atomic mass is 16.5. The summed E-state index contributed by atoms with van der Waals surface area (Å²) in [5, 5.41) is 0. The van der Waals surface area contributed by atoms with E-state index in [1.165, 1.54) is 12.8 Å². The summed E-state index contributed by atoms with van der Waals surface area (Å²) >= 11 is 0. The van der Waals surface area contributed by atoms with Crippen molar-refractivity contribution < 1.29 is 4.74 Å². The molecule has 3 heteroatoms. The van der Waals surface area contributed by atoms with Crippen LogP contribution in [0, 0.1) is 11.8 Å². The SMILES string of the molecule is COC(C(N)=NCC(C)C)C1CC1. The molecule has 0 heterocycles. The maximum absolute atomic E-state index is 5.84. The second-order valence-electron chi connectivity index (χ2n) is 4.15. The van der Waals surface area contributed by atoms with Crippen LogP contribution in [-0.2, 0) is 4.74 Å². The van der Waals surface area contributed by atoms with Gasteiger partial charge in [0.2, 0.25) is 0 Å². The molecule has 0 radical (unpaired) electrons. The molecule has 2 N–H and O–H groups in total. The molecule has 0 saturated heterocycles. The first-order valence-corrected chi connectivity index (χ1v) is 4.97. The highest BCUT2D eigenvalue weighted by Crippen LogP contribution is 2.34. The lowest BCUT2D eigenvalue weighted by molar-refractivity contribution is 0.137. The highest BCUT2D eigenvalue weighted by molar-refractivity contribution is 5.85. The number of rotatable bonds is 5. The molecule has 0 aliphatic heterocycles. The van der Waals surface area contributed by atoms with Crippen LogP contribution in [0.15, 0.2) is 4.99 Å². The zero-order valence-electron chi connectivity index (χ0n) is 8.79. The van der Waals surface area contributed by atoms with Crippen LogP contribution in [0.25, 0.3) is 0 Å². The first-order chi connectivity index (χ1) is 6.15. The van der Waals surface area contributed by atoms with Gasteiger partial charge in [-0.3, -0.25) is 4.99 Å². The number of hydrogen-bond donors (Lipinski definition) is 1. The lowest BCUT2D eigenvalue weighted by Crippen LogP contribution is -2.33. The van der Waals surface area contributed by atoms with E-state index < -0.39 is 0 Å². The minimum absolute atomic E-state index is 0.0683. The standard InChI is InChI=1S/C10H20N2O/c1-7(2)6-12-10(11)9(13-3)8-4-5-8/h7-9H,4-6H2,1-3H3,(H2,11,12). The number of methoxy groups -OCH3 is 1. The van der Waals surface area contributed by atoms with E-state index in [1.807, 2.05) is 0 Å². The molecule has 0 spiro atoms. The Morgan fingerprint density at radius 3 is 2.54 bits per heavy atom. The average molecular weight is 184 g/mol. The predicted molar refractivity (Wildman–Crippen MR) is 54.8 cm³/mol. The highest BCUT2D eigenvalue weighted by Gasteiger charge is 2.33. The van der Waals surface area contributed by atoms with Gasteiger partial charge in [-0.25, -0.2) is 0 Å². The van der Waals surface area contributed by atoms with Gasteiger partial charge < -0.3 is 10.5 Å². The Kier molecular flexibility index (Phi) is 3.72. The summed E-state index contributed by atoms with van der Waals surface area (Å²) in [7, 11) is 1.71. The topological polar surface area (TPSA) is 47.6 Å². The third-order valence-electron chi connectivity index (χ3n) is 2.23. The number of nitrogens with zero attached hydrogens (tertiary/aromatic N) is 1. The summed E-state index contributed by atoms with van der Waals surface area (Å²) in [5.41, 5.74) is 5.84. The molecular weight excluding hydrogens is 164 g/mol. The lowest BCUT2D eigenvalue weighted by atomic mass is 10.2. The van der Waals surface area contributed by atoms with Gasteiger partial charge >= 0.3 is 0 Å². The van der Waals surface area contributed by atoms with E-state index in [2.05, 4.69) is 18.8 Å². The molecule has 0 aromatic carbocycles. The van der Waals surface area contributed by atoms with Gasteiger partial charge in [0.25, 0.3) is 0 Å². The summed E-state index contributed by atoms with van der Waals surface area (Å²) in [4.78, 5) is 4.33. The number of ether oxygens (including phenoxy) is 1. The maximum atomic E-state index is 5.84. The van der Waals surface area contributed by atoms with E-state index >= 15 is 0 Å². The number of nitrogens with two attached hydrogens (primary N) is 1. The van der Waals surface area contributed by atoms with Crippen LogP contribution < -0.4 is 5.73 Å². The summed E-state index contributed by atoms with van der Waals surface area (Å²) in [6.07, 6.45) is 2.53. The zero-order valence-corrected chi connectivity index (χ0v) is 8.79. The van der Waals surface area contributed by atoms with Crippen LogP contribution in [0.5, 0.6) is 0 Å². The molecule has 1 atom stereocenters. The van der Waals surface area contributed by atoms with E-state index in [-0.39, 0.29) is 6.10 Å². The van der Waals surface area contributed by atoms with E-state index in [4.69, 9.17) is 10.5 Å². The molecule has 0 bridgehead atoms. The first kappa shape index (κ1) is 10.5. The number of amidine groups is 1. The van der Waals surface area contributed by atoms with Gasteiger partial charge in [-0.1, -0.05) is 13.8 Å². The minimum Gasteiger partial charge on any atom is -0.385 e. The second kappa shape index (κ2) is 4.61. The van der Waals surface area contributed by atoms with Crippen molar-refractivity contribution in [3.63, 3.8) is 0 Å². The predicted octanol–water partition coefficient (Wildman–Crippen LogP) is 1.42. The van der Waals surface area contributed by atoms with E-state index in [0.29, 0.717) is 17.7 Å². The summed E-state index contributed by atoms with van der Waals surface area (Å²) in [6.45, 7) is 5.07. The van der Waals surface area contributed by atoms with Crippen LogP contribution in [0.3, 0.4) is 0 Å². The van der Waals surface area contributed by atoms with Crippen molar-refractivity contribution in [3.8, 4) is 0 Å². The summed E-state index contributed by atoms with van der Waals surface area (Å²) < 4.78 is 5.31. The average Bonchev–Trinajstić information content (AvgIpc) is 2.86. The van der Waals surface area contributed by atoms with Gasteiger partial charge in [-0.15, -0.1) is 0 Å². The smallest absolute Gasteiger partial charge is 0.123 e. The molecule has 1 aliphatic rings. The fourth-order valence-corrected chi connectivity index (χ4v) is 1.33. The third kappa shape index (κ3) is 3.35. The molecular formula is C10H20N2O. The molecule has 13 heavy (non-hydrogen) atoms. The normalized spacial score (nSPS) is 20.8. The van der Waals surface area contributed by atoms with Crippen LogP contribution in [0.2, 0.25) is 0 Å². The summed E-state index contributed by atoms with van der Waals surface area (Å²) in [5.74, 6) is 1.87. The fraction of sp³-hybridized carbons (Fsp3) is 0.900. The van der Waals surface area contributed by atoms with Crippen LogP contribution in [0.1, 0.15) is 26.7 Å². The van der Waals surface area contributed by atoms with Crippen molar-refractivity contribution in [2.75, 3.05) is 13.7 Å². The van der Waals surface area contributed by atoms with Gasteiger partial charge in [-0.05, 0) is 24.7 Å². The van der Waals surface area contributed by atoms with Crippen molar-refractivity contribution in [2.24, 2.45) is 22.6 Å². The lowest BCUT2D eigenvalue weighted by Gasteiger charge is -2.14. The molecule has 76 valence electrons. The summed E-state index contributed by atoms with van der Waals surface area (Å²) in [6, 6.07) is 0. The Bertz CT molecular complexity index is 185. The van der Waals surface area contributed by atoms with Gasteiger partial charge in [0.15, 0.2) is 0 Å². The van der Waals surface area contributed by atoms with Crippen LogP contribution in [0.4, 0.5) is 0 Å². The van der Waals surface area contributed by atoms with Crippen LogP contribution in [-0.4, -0.2) is 25.6 Å². The second-order valence-corrected chi connectivity index (χ2v) is 4.15. The molecule has 1 aliphatic carbocycles. The van der Waals surface area contributed by atoms with Crippen molar-refractivity contribution in [1.29, 1.82) is 0 Å². The van der Waals surface area contributed by atoms with Gasteiger partial charge in [-0.2, -0.15) is 0 Å². The van der Waals surface area contributed by atoms with Gasteiger partial charge in [0.05, 0.1) is 0 Å². The first-order valence-electron chi connectivity index (χ1n) is 4.97. The number of aliphatic imine (C=N–C) groups is 1. The van der Waals surface area contributed by atoms with E-state index in [0.717, 1.165) is 6.54 Å². The third-order valence-corrected chi connectivity index (χ3v) is 2.23. The Labute approximate surface area is 80.4 Å². The molecule has 3 nitrogen and oxygen atoms in total. The zero-order chi connectivity index (χ0) is 9.84. The molecule has 0 aromatic rings. The molecule has 0 amide bonds. The van der Waals surface area contributed by atoms with Crippen molar-refractivity contribution in [1.82, 2.24) is 0 Å². The Morgan fingerprint density at radius 2 is 2.15 bits per heavy atom. The monoisotopic (exact) mass is 184 g/mol. The molecule has 0 aromatic heterocycles. The molecule has 1 fully saturated rings. The quantitative estimate of drug-likeness (QED) is 0.519.